The summed E-state index contributed by atoms with van der Waals surface area (Å²) < 4.78 is 0.733. The molecule has 1 N–H and O–H groups in total. The fourth-order valence-corrected chi connectivity index (χ4v) is 4.13. The van der Waals surface area contributed by atoms with Crippen LogP contribution in [0.15, 0.2) is 34.1 Å². The molecule has 0 spiro atoms. The number of carbonyl (C=O) groups excluding carboxylic acids is 1. The van der Waals surface area contributed by atoms with Crippen molar-refractivity contribution in [2.75, 3.05) is 5.32 Å². The molecule has 1 aromatic heterocycles. The van der Waals surface area contributed by atoms with Gasteiger partial charge in [-0.05, 0) is 70.4 Å². The predicted octanol–water partition coefficient (Wildman–Crippen LogP) is 4.44. The second-order valence-electron chi connectivity index (χ2n) is 5.04. The van der Waals surface area contributed by atoms with E-state index in [2.05, 4.69) is 38.8 Å². The number of hydrogen-bond donors (Lipinski definition) is 1. The molecule has 1 aromatic carbocycles. The van der Waals surface area contributed by atoms with E-state index in [1.165, 1.54) is 10.4 Å². The number of amides is 1. The summed E-state index contributed by atoms with van der Waals surface area (Å²) in [7, 11) is 0. The van der Waals surface area contributed by atoms with E-state index >= 15 is 0 Å². The Hall–Kier alpha value is -1.64. The molecule has 0 saturated heterocycles. The molecule has 0 aliphatic heterocycles. The van der Waals surface area contributed by atoms with Crippen LogP contribution in [0.3, 0.4) is 0 Å². The van der Waals surface area contributed by atoms with Crippen molar-refractivity contribution in [2.24, 2.45) is 0 Å². The smallest absolute Gasteiger partial charge is 0.231 e. The second-order valence-corrected chi connectivity index (χ2v) is 6.89. The highest BCUT2D eigenvalue weighted by Gasteiger charge is 2.27. The highest BCUT2D eigenvalue weighted by atomic mass is 79.9. The van der Waals surface area contributed by atoms with E-state index in [4.69, 9.17) is 5.26 Å². The maximum Gasteiger partial charge on any atom is 0.231 e. The highest BCUT2D eigenvalue weighted by molar-refractivity contribution is 9.10. The Balaban J connectivity index is 1.81. The van der Waals surface area contributed by atoms with Crippen LogP contribution in [0.2, 0.25) is 0 Å². The molecule has 0 radical (unpaired) electrons. The van der Waals surface area contributed by atoms with Gasteiger partial charge in [0.25, 0.3) is 0 Å². The third-order valence-electron chi connectivity index (χ3n) is 3.72. The molecule has 5 heteroatoms. The molecule has 0 saturated carbocycles. The number of nitrogens with zero attached hydrogens (tertiary/aromatic N) is 1. The van der Waals surface area contributed by atoms with Crippen molar-refractivity contribution in [1.29, 1.82) is 5.26 Å². The third kappa shape index (κ3) is 2.87. The van der Waals surface area contributed by atoms with Gasteiger partial charge in [-0.2, -0.15) is 5.26 Å². The third-order valence-corrected chi connectivity index (χ3v) is 5.38. The van der Waals surface area contributed by atoms with Crippen LogP contribution in [-0.4, -0.2) is 5.91 Å². The zero-order valence-corrected chi connectivity index (χ0v) is 13.6. The standard InChI is InChI=1S/C16H13BrN2OS/c17-13-8-10(9-18)4-5-14(13)19-16(20)12-2-1-3-15-11(12)6-7-21-15/h4-8,12H,1-3H2,(H,19,20). The number of halogens is 1. The Bertz CT molecular complexity index is 732. The van der Waals surface area contributed by atoms with Crippen molar-refractivity contribution < 1.29 is 4.79 Å². The number of aryl methyl sites for hydroxylation is 1. The lowest BCUT2D eigenvalue weighted by Crippen LogP contribution is -2.24. The Kier molecular flexibility index (Phi) is 4.09. The first-order valence-corrected chi connectivity index (χ1v) is 8.43. The van der Waals surface area contributed by atoms with Gasteiger partial charge in [0, 0.05) is 9.35 Å². The fourth-order valence-electron chi connectivity index (χ4n) is 2.66. The van der Waals surface area contributed by atoms with Gasteiger partial charge in [-0.25, -0.2) is 0 Å². The zero-order chi connectivity index (χ0) is 14.8. The van der Waals surface area contributed by atoms with Crippen molar-refractivity contribution in [3.8, 4) is 6.07 Å². The van der Waals surface area contributed by atoms with Crippen LogP contribution < -0.4 is 5.32 Å². The number of thiophene rings is 1. The average Bonchev–Trinajstić information content (AvgIpc) is 2.97. The van der Waals surface area contributed by atoms with E-state index in [1.54, 1.807) is 29.5 Å². The van der Waals surface area contributed by atoms with Gasteiger partial charge in [0.05, 0.1) is 23.2 Å². The quantitative estimate of drug-likeness (QED) is 0.860. The number of nitrogens with one attached hydrogen (secondary N) is 1. The van der Waals surface area contributed by atoms with Crippen molar-refractivity contribution >= 4 is 38.9 Å². The van der Waals surface area contributed by atoms with E-state index in [-0.39, 0.29) is 11.8 Å². The van der Waals surface area contributed by atoms with Crippen LogP contribution >= 0.6 is 27.3 Å². The summed E-state index contributed by atoms with van der Waals surface area (Å²) in [5.74, 6) is -0.0395. The number of rotatable bonds is 2. The van der Waals surface area contributed by atoms with E-state index < -0.39 is 0 Å². The van der Waals surface area contributed by atoms with Gasteiger partial charge in [0.15, 0.2) is 0 Å². The summed E-state index contributed by atoms with van der Waals surface area (Å²) in [6.45, 7) is 0. The molecule has 1 aliphatic rings. The lowest BCUT2D eigenvalue weighted by Gasteiger charge is -2.22. The summed E-state index contributed by atoms with van der Waals surface area (Å²) in [5.41, 5.74) is 2.45. The van der Waals surface area contributed by atoms with Crippen LogP contribution in [-0.2, 0) is 11.2 Å². The van der Waals surface area contributed by atoms with Crippen molar-refractivity contribution in [2.45, 2.75) is 25.2 Å². The number of nitriles is 1. The molecule has 0 fully saturated rings. The lowest BCUT2D eigenvalue weighted by atomic mass is 9.87. The molecule has 1 heterocycles. The topological polar surface area (TPSA) is 52.9 Å². The van der Waals surface area contributed by atoms with Gasteiger partial charge >= 0.3 is 0 Å². The van der Waals surface area contributed by atoms with E-state index in [0.29, 0.717) is 11.3 Å². The molecule has 3 rings (SSSR count). The maximum absolute atomic E-state index is 12.5. The van der Waals surface area contributed by atoms with Gasteiger partial charge in [-0.3, -0.25) is 4.79 Å². The molecule has 0 bridgehead atoms. The molecule has 1 unspecified atom stereocenters. The minimum atomic E-state index is -0.0671. The van der Waals surface area contributed by atoms with Crippen LogP contribution in [0.5, 0.6) is 0 Å². The van der Waals surface area contributed by atoms with Crippen molar-refractivity contribution in [3.05, 3.63) is 50.1 Å². The SMILES string of the molecule is N#Cc1ccc(NC(=O)C2CCCc3sccc32)c(Br)c1. The first-order valence-electron chi connectivity index (χ1n) is 6.76. The number of carbonyl (C=O) groups is 1. The second kappa shape index (κ2) is 6.00. The molecule has 106 valence electrons. The Labute approximate surface area is 135 Å². The molecular formula is C16H13BrN2OS. The van der Waals surface area contributed by atoms with E-state index in [1.807, 2.05) is 0 Å². The van der Waals surface area contributed by atoms with Gasteiger partial charge < -0.3 is 5.32 Å². The largest absolute Gasteiger partial charge is 0.325 e. The summed E-state index contributed by atoms with van der Waals surface area (Å²) in [4.78, 5) is 13.9. The molecule has 21 heavy (non-hydrogen) atoms. The van der Waals surface area contributed by atoms with Crippen molar-refractivity contribution in [1.82, 2.24) is 0 Å². The first kappa shape index (κ1) is 14.3. The fraction of sp³-hybridized carbons (Fsp3) is 0.250. The monoisotopic (exact) mass is 360 g/mol. The number of fused-ring (bicyclic) bond motifs is 1. The highest BCUT2D eigenvalue weighted by Crippen LogP contribution is 2.36. The summed E-state index contributed by atoms with van der Waals surface area (Å²) >= 11 is 5.14. The molecular weight excluding hydrogens is 348 g/mol. The minimum Gasteiger partial charge on any atom is -0.325 e. The van der Waals surface area contributed by atoms with Crippen LogP contribution in [0, 0.1) is 11.3 Å². The predicted molar refractivity (Wildman–Crippen MR) is 87.5 cm³/mol. The first-order chi connectivity index (χ1) is 10.2. The molecule has 1 amide bonds. The van der Waals surface area contributed by atoms with Gasteiger partial charge in [0.1, 0.15) is 0 Å². The summed E-state index contributed by atoms with van der Waals surface area (Å²) in [6, 6.07) is 9.33. The van der Waals surface area contributed by atoms with E-state index in [9.17, 15) is 4.79 Å². The molecule has 3 nitrogen and oxygen atoms in total. The van der Waals surface area contributed by atoms with Gasteiger partial charge in [0.2, 0.25) is 5.91 Å². The Morgan fingerprint density at radius 3 is 3.05 bits per heavy atom. The summed E-state index contributed by atoms with van der Waals surface area (Å²) in [6.07, 6.45) is 3.03. The van der Waals surface area contributed by atoms with E-state index in [0.717, 1.165) is 23.7 Å². The van der Waals surface area contributed by atoms with Crippen LogP contribution in [0.4, 0.5) is 5.69 Å². The van der Waals surface area contributed by atoms with Crippen LogP contribution in [0.1, 0.15) is 34.8 Å². The average molecular weight is 361 g/mol. The molecule has 2 aromatic rings. The summed E-state index contributed by atoms with van der Waals surface area (Å²) in [5, 5.41) is 13.9. The number of anilines is 1. The molecule has 1 atom stereocenters. The Morgan fingerprint density at radius 2 is 2.29 bits per heavy atom. The molecule has 1 aliphatic carbocycles. The van der Waals surface area contributed by atoms with Crippen molar-refractivity contribution in [3.63, 3.8) is 0 Å². The lowest BCUT2D eigenvalue weighted by molar-refractivity contribution is -0.117. The van der Waals surface area contributed by atoms with Crippen LogP contribution in [0.25, 0.3) is 0 Å². The number of benzene rings is 1. The minimum absolute atomic E-state index is 0.0276. The zero-order valence-electron chi connectivity index (χ0n) is 11.2. The van der Waals surface area contributed by atoms with Gasteiger partial charge in [-0.1, -0.05) is 0 Å². The maximum atomic E-state index is 12.5. The Morgan fingerprint density at radius 1 is 1.43 bits per heavy atom. The van der Waals surface area contributed by atoms with Gasteiger partial charge in [-0.15, -0.1) is 11.3 Å². The normalized spacial score (nSPS) is 16.9. The number of hydrogen-bond acceptors (Lipinski definition) is 3.